The fraction of sp³-hybridized carbons (Fsp3) is 0.471. The zero-order chi connectivity index (χ0) is 15.0. The lowest BCUT2D eigenvalue weighted by Gasteiger charge is -2.56. The van der Waals surface area contributed by atoms with Gasteiger partial charge in [0.15, 0.2) is 0 Å². The Bertz CT molecular complexity index is 616. The van der Waals surface area contributed by atoms with Crippen LogP contribution in [0.3, 0.4) is 0 Å². The maximum atomic E-state index is 11.5. The maximum Gasteiger partial charge on any atom is 0.409 e. The van der Waals surface area contributed by atoms with Crippen molar-refractivity contribution in [1.82, 2.24) is 4.90 Å². The average molecular weight is 285 g/mol. The van der Waals surface area contributed by atoms with Gasteiger partial charge in [0.25, 0.3) is 0 Å². The van der Waals surface area contributed by atoms with Crippen LogP contribution < -0.4 is 0 Å². The molecule has 3 fully saturated rings. The predicted molar refractivity (Wildman–Crippen MR) is 78.6 cm³/mol. The van der Waals surface area contributed by atoms with Gasteiger partial charge >= 0.3 is 6.09 Å². The summed E-state index contributed by atoms with van der Waals surface area (Å²) in [6, 6.07) is 7.93. The van der Waals surface area contributed by atoms with E-state index in [4.69, 9.17) is 4.74 Å². The highest BCUT2D eigenvalue weighted by Crippen LogP contribution is 2.48. The molecule has 2 heterocycles. The van der Waals surface area contributed by atoms with Crippen molar-refractivity contribution in [1.29, 1.82) is 0 Å². The van der Waals surface area contributed by atoms with Crippen molar-refractivity contribution >= 4 is 6.09 Å². The van der Waals surface area contributed by atoms with Crippen LogP contribution in [0, 0.1) is 30.6 Å². The molecule has 110 valence electrons. The molecule has 4 heteroatoms. The average Bonchev–Trinajstić information content (AvgIpc) is 2.51. The van der Waals surface area contributed by atoms with Gasteiger partial charge < -0.3 is 14.7 Å². The first-order chi connectivity index (χ1) is 10.0. The van der Waals surface area contributed by atoms with Crippen molar-refractivity contribution in [3.8, 4) is 11.8 Å². The topological polar surface area (TPSA) is 49.8 Å². The Kier molecular flexibility index (Phi) is 3.38. The number of aliphatic hydroxyl groups is 1. The number of nitrogens with zero attached hydrogens (tertiary/aromatic N) is 1. The molecular weight excluding hydrogens is 266 g/mol. The van der Waals surface area contributed by atoms with Crippen LogP contribution in [-0.2, 0) is 4.74 Å². The highest BCUT2D eigenvalue weighted by Gasteiger charge is 2.58. The molecule has 1 aromatic rings. The Labute approximate surface area is 124 Å². The van der Waals surface area contributed by atoms with Crippen molar-refractivity contribution in [2.24, 2.45) is 11.8 Å². The quantitative estimate of drug-likeness (QED) is 0.739. The van der Waals surface area contributed by atoms with Crippen LogP contribution in [0.5, 0.6) is 0 Å². The van der Waals surface area contributed by atoms with Gasteiger partial charge in [-0.15, -0.1) is 0 Å². The largest absolute Gasteiger partial charge is 0.453 e. The first-order valence-corrected chi connectivity index (χ1v) is 7.18. The van der Waals surface area contributed by atoms with Gasteiger partial charge in [0, 0.05) is 30.5 Å². The van der Waals surface area contributed by atoms with Crippen LogP contribution in [0.2, 0.25) is 0 Å². The van der Waals surface area contributed by atoms with Crippen LogP contribution in [0.25, 0.3) is 0 Å². The molecule has 4 nitrogen and oxygen atoms in total. The number of ether oxygens (including phenoxy) is 1. The maximum absolute atomic E-state index is 11.5. The van der Waals surface area contributed by atoms with Crippen molar-refractivity contribution in [2.45, 2.75) is 18.9 Å². The number of hydrogen-bond acceptors (Lipinski definition) is 3. The Morgan fingerprint density at radius 3 is 2.76 bits per heavy atom. The van der Waals surface area contributed by atoms with Gasteiger partial charge in [-0.1, -0.05) is 24.0 Å². The molecule has 1 aromatic carbocycles. The second kappa shape index (κ2) is 5.09. The summed E-state index contributed by atoms with van der Waals surface area (Å²) in [6.07, 6.45) is 0.602. The number of carbonyl (C=O) groups is 1. The number of piperidine rings is 2. The summed E-state index contributed by atoms with van der Waals surface area (Å²) in [5, 5.41) is 10.7. The number of benzene rings is 1. The number of rotatable bonds is 0. The molecule has 21 heavy (non-hydrogen) atoms. The zero-order valence-corrected chi connectivity index (χ0v) is 12.3. The highest BCUT2D eigenvalue weighted by atomic mass is 16.5. The SMILES string of the molecule is COC(=O)N1C[C@H]2C[C@@H](C1)C2(O)C#Cc1cccc(C)c1. The molecule has 0 radical (unpaired) electrons. The summed E-state index contributed by atoms with van der Waals surface area (Å²) in [7, 11) is 1.38. The molecule has 2 saturated heterocycles. The number of fused-ring (bicyclic) bond motifs is 2. The number of carbonyl (C=O) groups excluding carboxylic acids is 1. The lowest BCUT2D eigenvalue weighted by molar-refractivity contribution is -0.150. The first-order valence-electron chi connectivity index (χ1n) is 7.18. The summed E-state index contributed by atoms with van der Waals surface area (Å²) >= 11 is 0. The van der Waals surface area contributed by atoms with Crippen LogP contribution in [0.1, 0.15) is 17.5 Å². The minimum absolute atomic E-state index is 0.0210. The fourth-order valence-corrected chi connectivity index (χ4v) is 3.29. The predicted octanol–water partition coefficient (Wildman–Crippen LogP) is 1.80. The summed E-state index contributed by atoms with van der Waals surface area (Å²) in [6.45, 7) is 3.05. The van der Waals surface area contributed by atoms with E-state index < -0.39 is 5.60 Å². The van der Waals surface area contributed by atoms with Gasteiger partial charge in [0.05, 0.1) is 7.11 Å². The molecular formula is C17H19NO3. The van der Waals surface area contributed by atoms with Crippen molar-refractivity contribution in [2.75, 3.05) is 20.2 Å². The van der Waals surface area contributed by atoms with E-state index in [-0.39, 0.29) is 17.9 Å². The van der Waals surface area contributed by atoms with E-state index in [0.717, 1.165) is 17.5 Å². The zero-order valence-electron chi connectivity index (χ0n) is 12.3. The molecule has 0 spiro atoms. The van der Waals surface area contributed by atoms with Gasteiger partial charge in [-0.05, 0) is 31.0 Å². The summed E-state index contributed by atoms with van der Waals surface area (Å²) < 4.78 is 4.74. The molecule has 3 atom stereocenters. The Morgan fingerprint density at radius 1 is 1.43 bits per heavy atom. The van der Waals surface area contributed by atoms with Crippen molar-refractivity contribution in [3.63, 3.8) is 0 Å². The van der Waals surface area contributed by atoms with Crippen molar-refractivity contribution < 1.29 is 14.6 Å². The van der Waals surface area contributed by atoms with E-state index in [2.05, 4.69) is 11.8 Å². The monoisotopic (exact) mass is 285 g/mol. The van der Waals surface area contributed by atoms with Gasteiger partial charge in [-0.25, -0.2) is 4.79 Å². The highest BCUT2D eigenvalue weighted by molar-refractivity contribution is 5.68. The van der Waals surface area contributed by atoms with Crippen LogP contribution in [0.15, 0.2) is 24.3 Å². The summed E-state index contributed by atoms with van der Waals surface area (Å²) in [4.78, 5) is 13.2. The molecule has 3 aliphatic rings. The lowest BCUT2D eigenvalue weighted by atomic mass is 9.58. The summed E-state index contributed by atoms with van der Waals surface area (Å²) in [5.74, 6) is 6.17. The molecule has 4 rings (SSSR count). The van der Waals surface area contributed by atoms with E-state index in [1.165, 1.54) is 7.11 Å². The smallest absolute Gasteiger partial charge is 0.409 e. The molecule has 1 N–H and O–H groups in total. The normalized spacial score (nSPS) is 30.0. The Balaban J connectivity index is 1.75. The van der Waals surface area contributed by atoms with E-state index in [1.807, 2.05) is 31.2 Å². The molecule has 0 aromatic heterocycles. The molecule has 1 aliphatic carbocycles. The van der Waals surface area contributed by atoms with Gasteiger partial charge in [0.2, 0.25) is 0 Å². The van der Waals surface area contributed by atoms with Gasteiger partial charge in [-0.3, -0.25) is 0 Å². The number of aryl methyl sites for hydroxylation is 1. The third-order valence-corrected chi connectivity index (χ3v) is 4.55. The molecule has 1 unspecified atom stereocenters. The number of methoxy groups -OCH3 is 1. The number of hydrogen-bond donors (Lipinski definition) is 1. The molecule has 1 amide bonds. The van der Waals surface area contributed by atoms with Gasteiger partial charge in [-0.2, -0.15) is 0 Å². The molecule has 2 aliphatic heterocycles. The van der Waals surface area contributed by atoms with E-state index >= 15 is 0 Å². The Hall–Kier alpha value is -1.99. The van der Waals surface area contributed by atoms with Crippen LogP contribution in [-0.4, -0.2) is 41.9 Å². The lowest BCUT2D eigenvalue weighted by Crippen LogP contribution is -2.67. The molecule has 1 saturated carbocycles. The van der Waals surface area contributed by atoms with Crippen LogP contribution in [0.4, 0.5) is 4.79 Å². The summed E-state index contributed by atoms with van der Waals surface area (Å²) in [5.41, 5.74) is 1.10. The first kappa shape index (κ1) is 14.0. The third-order valence-electron chi connectivity index (χ3n) is 4.55. The standard InChI is InChI=1S/C17H19NO3/c1-12-4-3-5-13(8-12)6-7-17(20)14-9-15(17)11-18(10-14)16(19)21-2/h3-5,8,14-15,20H,9-11H2,1-2H3/t14-,15+,17?. The minimum Gasteiger partial charge on any atom is -0.453 e. The molecule has 2 bridgehead atoms. The van der Waals surface area contributed by atoms with Crippen molar-refractivity contribution in [3.05, 3.63) is 35.4 Å². The second-order valence-corrected chi connectivity index (χ2v) is 5.95. The second-order valence-electron chi connectivity index (χ2n) is 5.95. The van der Waals surface area contributed by atoms with E-state index in [1.54, 1.807) is 4.90 Å². The number of amides is 1. The Morgan fingerprint density at radius 2 is 2.14 bits per heavy atom. The van der Waals surface area contributed by atoms with E-state index in [9.17, 15) is 9.90 Å². The third kappa shape index (κ3) is 2.38. The van der Waals surface area contributed by atoms with E-state index in [0.29, 0.717) is 13.1 Å². The van der Waals surface area contributed by atoms with Crippen LogP contribution >= 0.6 is 0 Å². The van der Waals surface area contributed by atoms with Gasteiger partial charge in [0.1, 0.15) is 5.60 Å². The minimum atomic E-state index is -0.964. The fourth-order valence-electron chi connectivity index (χ4n) is 3.29.